The molecule has 0 bridgehead atoms. The first-order chi connectivity index (χ1) is 9.89. The smallest absolute Gasteiger partial charge is 0.336 e. The third-order valence-electron chi connectivity index (χ3n) is 2.82. The van der Waals surface area contributed by atoms with Gasteiger partial charge in [-0.15, -0.1) is 0 Å². The van der Waals surface area contributed by atoms with Crippen LogP contribution in [0.3, 0.4) is 0 Å². The summed E-state index contributed by atoms with van der Waals surface area (Å²) >= 11 is 0. The molecule has 0 aliphatic heterocycles. The predicted octanol–water partition coefficient (Wildman–Crippen LogP) is 2.11. The number of aromatic nitrogens is 1. The van der Waals surface area contributed by atoms with E-state index in [0.29, 0.717) is 11.1 Å². The second kappa shape index (κ2) is 5.88. The van der Waals surface area contributed by atoms with Crippen LogP contribution in [0.15, 0.2) is 53.7 Å². The lowest BCUT2D eigenvalue weighted by Crippen LogP contribution is -2.03. The topological polar surface area (TPSA) is 84.3 Å². The van der Waals surface area contributed by atoms with Crippen LogP contribution in [-0.4, -0.2) is 30.7 Å². The summed E-state index contributed by atoms with van der Waals surface area (Å²) in [5, 5.41) is 9.34. The first kappa shape index (κ1) is 14.9. The molecule has 0 atom stereocenters. The molecule has 1 aromatic heterocycles. The highest BCUT2D eigenvalue weighted by molar-refractivity contribution is 7.90. The Hall–Kier alpha value is -2.47. The molecule has 0 saturated heterocycles. The third kappa shape index (κ3) is 3.55. The standard InChI is InChI=1S/C15H13NO4S/c1-21(19,20)14-7-3-2-5-11(14)9-13(15(17)18)12-6-4-8-16-10-12/h2-10H,1H3,(H,17,18). The molecule has 1 N–H and O–H groups in total. The highest BCUT2D eigenvalue weighted by atomic mass is 32.2. The van der Waals surface area contributed by atoms with Crippen molar-refractivity contribution in [3.8, 4) is 0 Å². The van der Waals surface area contributed by atoms with Gasteiger partial charge in [0, 0.05) is 24.2 Å². The lowest BCUT2D eigenvalue weighted by atomic mass is 10.0. The van der Waals surface area contributed by atoms with E-state index in [-0.39, 0.29) is 10.5 Å². The number of benzene rings is 1. The van der Waals surface area contributed by atoms with E-state index in [1.54, 1.807) is 30.3 Å². The Kier molecular flexibility index (Phi) is 4.18. The molecule has 0 saturated carbocycles. The number of aliphatic carboxylic acids is 1. The molecule has 1 aromatic carbocycles. The van der Waals surface area contributed by atoms with Gasteiger partial charge in [0.25, 0.3) is 0 Å². The quantitative estimate of drug-likeness (QED) is 0.874. The van der Waals surface area contributed by atoms with Gasteiger partial charge in [0.1, 0.15) is 0 Å². The van der Waals surface area contributed by atoms with Crippen molar-refractivity contribution in [1.29, 1.82) is 0 Å². The normalized spacial score (nSPS) is 12.1. The minimum Gasteiger partial charge on any atom is -0.478 e. The highest BCUT2D eigenvalue weighted by Gasteiger charge is 2.15. The summed E-state index contributed by atoms with van der Waals surface area (Å²) in [4.78, 5) is 15.4. The van der Waals surface area contributed by atoms with Crippen molar-refractivity contribution in [1.82, 2.24) is 4.98 Å². The van der Waals surface area contributed by atoms with E-state index in [2.05, 4.69) is 4.98 Å². The average Bonchev–Trinajstić information content (AvgIpc) is 2.44. The van der Waals surface area contributed by atoms with E-state index in [0.717, 1.165) is 6.26 Å². The summed E-state index contributed by atoms with van der Waals surface area (Å²) in [5.74, 6) is -1.15. The van der Waals surface area contributed by atoms with Gasteiger partial charge in [-0.1, -0.05) is 24.3 Å². The molecule has 0 aliphatic carbocycles. The fourth-order valence-electron chi connectivity index (χ4n) is 1.88. The Morgan fingerprint density at radius 3 is 2.48 bits per heavy atom. The molecule has 0 fully saturated rings. The lowest BCUT2D eigenvalue weighted by molar-refractivity contribution is -0.130. The van der Waals surface area contributed by atoms with Gasteiger partial charge in [-0.3, -0.25) is 4.98 Å². The zero-order chi connectivity index (χ0) is 15.5. The van der Waals surface area contributed by atoms with Gasteiger partial charge in [-0.05, 0) is 23.8 Å². The number of nitrogens with zero attached hydrogens (tertiary/aromatic N) is 1. The summed E-state index contributed by atoms with van der Waals surface area (Å²) in [7, 11) is -3.44. The van der Waals surface area contributed by atoms with Gasteiger partial charge in [0.15, 0.2) is 9.84 Å². The van der Waals surface area contributed by atoms with Crippen molar-refractivity contribution in [2.45, 2.75) is 4.90 Å². The maximum absolute atomic E-state index is 11.8. The Morgan fingerprint density at radius 1 is 1.19 bits per heavy atom. The van der Waals surface area contributed by atoms with Crippen LogP contribution in [-0.2, 0) is 14.6 Å². The molecule has 0 aliphatic rings. The van der Waals surface area contributed by atoms with Crippen LogP contribution in [0, 0.1) is 0 Å². The third-order valence-corrected chi connectivity index (χ3v) is 3.99. The molecular weight excluding hydrogens is 290 g/mol. The van der Waals surface area contributed by atoms with Gasteiger partial charge in [0.2, 0.25) is 0 Å². The average molecular weight is 303 g/mol. The van der Waals surface area contributed by atoms with Gasteiger partial charge in [-0.25, -0.2) is 13.2 Å². The number of hydrogen-bond acceptors (Lipinski definition) is 4. The predicted molar refractivity (Wildman–Crippen MR) is 79.3 cm³/mol. The van der Waals surface area contributed by atoms with E-state index in [1.807, 2.05) is 0 Å². The fourth-order valence-corrected chi connectivity index (χ4v) is 2.76. The second-order valence-electron chi connectivity index (χ2n) is 4.41. The van der Waals surface area contributed by atoms with Crippen molar-refractivity contribution < 1.29 is 18.3 Å². The maximum Gasteiger partial charge on any atom is 0.336 e. The Bertz CT molecular complexity index is 795. The summed E-state index contributed by atoms with van der Waals surface area (Å²) in [6.07, 6.45) is 5.39. The van der Waals surface area contributed by atoms with Crippen LogP contribution in [0.1, 0.15) is 11.1 Å². The van der Waals surface area contributed by atoms with Crippen molar-refractivity contribution in [2.75, 3.05) is 6.26 Å². The summed E-state index contributed by atoms with van der Waals surface area (Å²) in [5.41, 5.74) is 0.730. The molecular formula is C15H13NO4S. The first-order valence-corrected chi connectivity index (χ1v) is 7.93. The number of rotatable bonds is 4. The molecule has 0 unspecified atom stereocenters. The number of carboxylic acids is 1. The Balaban J connectivity index is 2.63. The van der Waals surface area contributed by atoms with Gasteiger partial charge < -0.3 is 5.11 Å². The van der Waals surface area contributed by atoms with Crippen LogP contribution in [0.5, 0.6) is 0 Å². The molecule has 0 spiro atoms. The van der Waals surface area contributed by atoms with Crippen LogP contribution in [0.25, 0.3) is 11.6 Å². The molecule has 5 nitrogen and oxygen atoms in total. The van der Waals surface area contributed by atoms with Crippen LogP contribution in [0.2, 0.25) is 0 Å². The van der Waals surface area contributed by atoms with Crippen molar-refractivity contribution >= 4 is 27.5 Å². The van der Waals surface area contributed by atoms with Gasteiger partial charge in [0.05, 0.1) is 10.5 Å². The number of sulfone groups is 1. The number of pyridine rings is 1. The van der Waals surface area contributed by atoms with Crippen molar-refractivity contribution in [3.63, 3.8) is 0 Å². The largest absolute Gasteiger partial charge is 0.478 e. The number of carbonyl (C=O) groups is 1. The summed E-state index contributed by atoms with van der Waals surface area (Å²) in [6, 6.07) is 9.49. The second-order valence-corrected chi connectivity index (χ2v) is 6.40. The molecule has 1 heterocycles. The zero-order valence-corrected chi connectivity index (χ0v) is 12.0. The SMILES string of the molecule is CS(=O)(=O)c1ccccc1C=C(C(=O)O)c1cccnc1. The summed E-state index contributed by atoms with van der Waals surface area (Å²) < 4.78 is 23.5. The fraction of sp³-hybridized carbons (Fsp3) is 0.0667. The molecule has 21 heavy (non-hydrogen) atoms. The number of hydrogen-bond donors (Lipinski definition) is 1. The molecule has 2 rings (SSSR count). The molecule has 6 heteroatoms. The highest BCUT2D eigenvalue weighted by Crippen LogP contribution is 2.22. The van der Waals surface area contributed by atoms with Gasteiger partial charge >= 0.3 is 5.97 Å². The Labute approximate surface area is 122 Å². The van der Waals surface area contributed by atoms with Crippen molar-refractivity contribution in [3.05, 3.63) is 59.9 Å². The van der Waals surface area contributed by atoms with E-state index in [1.165, 1.54) is 24.5 Å². The van der Waals surface area contributed by atoms with E-state index in [4.69, 9.17) is 0 Å². The van der Waals surface area contributed by atoms with Gasteiger partial charge in [-0.2, -0.15) is 0 Å². The minimum absolute atomic E-state index is 0.0146. The van der Waals surface area contributed by atoms with Crippen LogP contribution in [0.4, 0.5) is 0 Å². The van der Waals surface area contributed by atoms with Crippen molar-refractivity contribution in [2.24, 2.45) is 0 Å². The minimum atomic E-state index is -3.44. The van der Waals surface area contributed by atoms with E-state index in [9.17, 15) is 18.3 Å². The zero-order valence-electron chi connectivity index (χ0n) is 11.2. The first-order valence-electron chi connectivity index (χ1n) is 6.04. The number of carboxylic acid groups (broad SMARTS) is 1. The maximum atomic E-state index is 11.8. The molecule has 0 amide bonds. The van der Waals surface area contributed by atoms with E-state index >= 15 is 0 Å². The molecule has 2 aromatic rings. The van der Waals surface area contributed by atoms with Crippen LogP contribution < -0.4 is 0 Å². The molecule has 0 radical (unpaired) electrons. The monoisotopic (exact) mass is 303 g/mol. The lowest BCUT2D eigenvalue weighted by Gasteiger charge is -2.06. The van der Waals surface area contributed by atoms with Crippen LogP contribution >= 0.6 is 0 Å². The summed E-state index contributed by atoms with van der Waals surface area (Å²) in [6.45, 7) is 0. The molecule has 108 valence electrons. The van der Waals surface area contributed by atoms with E-state index < -0.39 is 15.8 Å². The Morgan fingerprint density at radius 2 is 1.90 bits per heavy atom.